The smallest absolute Gasteiger partial charge is 0.146 e. The minimum absolute atomic E-state index is 0.136. The number of pyridine rings is 1. The van der Waals surface area contributed by atoms with E-state index < -0.39 is 0 Å². The molecule has 0 spiro atoms. The summed E-state index contributed by atoms with van der Waals surface area (Å²) in [6.07, 6.45) is 7.61. The van der Waals surface area contributed by atoms with Crippen molar-refractivity contribution in [1.82, 2.24) is 24.6 Å². The van der Waals surface area contributed by atoms with Crippen LogP contribution in [0.15, 0.2) is 24.5 Å². The summed E-state index contributed by atoms with van der Waals surface area (Å²) in [4.78, 5) is 8.91. The third kappa shape index (κ3) is 3.73. The summed E-state index contributed by atoms with van der Waals surface area (Å²) in [6.45, 7) is 4.75. The summed E-state index contributed by atoms with van der Waals surface area (Å²) in [7, 11) is 2.09. The van der Waals surface area contributed by atoms with Crippen LogP contribution in [0, 0.1) is 0 Å². The number of rotatable bonds is 4. The van der Waals surface area contributed by atoms with Crippen molar-refractivity contribution in [3.05, 3.63) is 36.2 Å². The van der Waals surface area contributed by atoms with Crippen molar-refractivity contribution in [3.8, 4) is 0 Å². The number of aliphatic hydroxyl groups is 1. The molecule has 1 N–H and O–H groups in total. The number of hydrogen-bond donors (Lipinski definition) is 1. The van der Waals surface area contributed by atoms with E-state index in [4.69, 9.17) is 0 Å². The van der Waals surface area contributed by atoms with Gasteiger partial charge in [-0.15, -0.1) is 10.2 Å². The number of aromatic nitrogens is 4. The topological polar surface area (TPSA) is 70.3 Å². The molecule has 4 heterocycles. The highest BCUT2D eigenvalue weighted by Crippen LogP contribution is 2.29. The second kappa shape index (κ2) is 7.72. The molecular formula is C19H28N6O. The fraction of sp³-hybridized carbons (Fsp3) is 0.632. The lowest BCUT2D eigenvalue weighted by Crippen LogP contribution is -2.36. The first kappa shape index (κ1) is 17.4. The van der Waals surface area contributed by atoms with Crippen molar-refractivity contribution in [2.45, 2.75) is 44.2 Å². The van der Waals surface area contributed by atoms with Crippen LogP contribution in [0.2, 0.25) is 0 Å². The molecular weight excluding hydrogens is 328 g/mol. The van der Waals surface area contributed by atoms with Gasteiger partial charge in [-0.25, -0.2) is 0 Å². The molecule has 0 amide bonds. The van der Waals surface area contributed by atoms with Crippen molar-refractivity contribution in [1.29, 1.82) is 0 Å². The van der Waals surface area contributed by atoms with Gasteiger partial charge in [-0.2, -0.15) is 0 Å². The summed E-state index contributed by atoms with van der Waals surface area (Å²) in [5.74, 6) is 2.53. The van der Waals surface area contributed by atoms with Crippen LogP contribution in [0.3, 0.4) is 0 Å². The first-order valence-corrected chi connectivity index (χ1v) is 9.64. The Bertz CT molecular complexity index is 710. The summed E-state index contributed by atoms with van der Waals surface area (Å²) < 4.78 is 2.19. The zero-order chi connectivity index (χ0) is 17.9. The average molecular weight is 356 g/mol. The van der Waals surface area contributed by atoms with E-state index in [9.17, 15) is 5.11 Å². The Morgan fingerprint density at radius 3 is 2.62 bits per heavy atom. The van der Waals surface area contributed by atoms with Crippen molar-refractivity contribution >= 4 is 5.69 Å². The first-order chi connectivity index (χ1) is 12.7. The molecule has 2 aromatic heterocycles. The highest BCUT2D eigenvalue weighted by Gasteiger charge is 2.27. The summed E-state index contributed by atoms with van der Waals surface area (Å²) >= 11 is 0. The van der Waals surface area contributed by atoms with E-state index in [1.807, 2.05) is 12.4 Å². The monoisotopic (exact) mass is 356 g/mol. The van der Waals surface area contributed by atoms with Crippen molar-refractivity contribution in [2.75, 3.05) is 31.1 Å². The number of anilines is 1. The molecule has 0 bridgehead atoms. The van der Waals surface area contributed by atoms with Gasteiger partial charge in [0, 0.05) is 57.2 Å². The number of likely N-dealkylation sites (tertiary alicyclic amines) is 1. The minimum atomic E-state index is -0.136. The second-order valence-corrected chi connectivity index (χ2v) is 7.53. The molecule has 0 radical (unpaired) electrons. The Kier molecular flexibility index (Phi) is 5.17. The van der Waals surface area contributed by atoms with Gasteiger partial charge < -0.3 is 14.6 Å². The van der Waals surface area contributed by atoms with Crippen LogP contribution in [0.4, 0.5) is 5.69 Å². The lowest BCUT2D eigenvalue weighted by atomic mass is 9.96. The normalized spacial score (nSPS) is 22.7. The van der Waals surface area contributed by atoms with E-state index in [1.165, 1.54) is 12.1 Å². The maximum Gasteiger partial charge on any atom is 0.146 e. The second-order valence-electron chi connectivity index (χ2n) is 7.53. The molecule has 0 aliphatic carbocycles. The predicted octanol–water partition coefficient (Wildman–Crippen LogP) is 1.55. The molecule has 2 saturated heterocycles. The van der Waals surface area contributed by atoms with Gasteiger partial charge in [0.1, 0.15) is 11.6 Å². The quantitative estimate of drug-likeness (QED) is 0.896. The fourth-order valence-electron chi connectivity index (χ4n) is 4.12. The summed E-state index contributed by atoms with van der Waals surface area (Å²) in [5.41, 5.74) is 1.24. The first-order valence-electron chi connectivity index (χ1n) is 9.64. The molecule has 7 heteroatoms. The highest BCUT2D eigenvalue weighted by atomic mass is 16.3. The van der Waals surface area contributed by atoms with Gasteiger partial charge in [-0.1, -0.05) is 0 Å². The van der Waals surface area contributed by atoms with E-state index >= 15 is 0 Å². The number of hydrogen-bond acceptors (Lipinski definition) is 6. The molecule has 2 aromatic rings. The molecule has 140 valence electrons. The standard InChI is InChI=1S/C19H28N6O/c1-23-18(14-24-11-6-17(26)7-12-24)21-22-19(23)15-3-2-10-25(13-15)16-4-8-20-9-5-16/h4-5,8-9,15,17,26H,2-3,6-7,10-14H2,1H3/t15-/m0/s1. The van der Waals surface area contributed by atoms with Gasteiger partial charge in [0.15, 0.2) is 0 Å². The number of aliphatic hydroxyl groups excluding tert-OH is 1. The predicted molar refractivity (Wildman–Crippen MR) is 99.9 cm³/mol. The molecule has 2 aliphatic heterocycles. The summed E-state index contributed by atoms with van der Waals surface area (Å²) in [6, 6.07) is 4.16. The van der Waals surface area contributed by atoms with Crippen LogP contribution in [0.5, 0.6) is 0 Å². The maximum atomic E-state index is 9.67. The van der Waals surface area contributed by atoms with E-state index in [1.54, 1.807) is 0 Å². The minimum Gasteiger partial charge on any atom is -0.393 e. The van der Waals surface area contributed by atoms with Crippen LogP contribution < -0.4 is 4.90 Å². The molecule has 0 aromatic carbocycles. The zero-order valence-corrected chi connectivity index (χ0v) is 15.5. The third-order valence-corrected chi connectivity index (χ3v) is 5.74. The van der Waals surface area contributed by atoms with Gasteiger partial charge in [-0.05, 0) is 37.8 Å². The Balaban J connectivity index is 1.44. The van der Waals surface area contributed by atoms with Crippen LogP contribution in [0.1, 0.15) is 43.3 Å². The van der Waals surface area contributed by atoms with Gasteiger partial charge >= 0.3 is 0 Å². The maximum absolute atomic E-state index is 9.67. The van der Waals surface area contributed by atoms with Crippen molar-refractivity contribution in [3.63, 3.8) is 0 Å². The molecule has 2 fully saturated rings. The van der Waals surface area contributed by atoms with Gasteiger partial charge in [0.25, 0.3) is 0 Å². The van der Waals surface area contributed by atoms with Crippen LogP contribution in [-0.4, -0.2) is 62.0 Å². The highest BCUT2D eigenvalue weighted by molar-refractivity contribution is 5.45. The Labute approximate surface area is 154 Å². The fourth-order valence-corrected chi connectivity index (χ4v) is 4.12. The van der Waals surface area contributed by atoms with Gasteiger partial charge in [0.05, 0.1) is 12.6 Å². The van der Waals surface area contributed by atoms with E-state index in [2.05, 4.69) is 48.7 Å². The Hall–Kier alpha value is -1.99. The van der Waals surface area contributed by atoms with Crippen molar-refractivity contribution in [2.24, 2.45) is 7.05 Å². The molecule has 4 rings (SSSR count). The largest absolute Gasteiger partial charge is 0.393 e. The van der Waals surface area contributed by atoms with Gasteiger partial charge in [0.2, 0.25) is 0 Å². The number of nitrogens with zero attached hydrogens (tertiary/aromatic N) is 6. The molecule has 2 aliphatic rings. The lowest BCUT2D eigenvalue weighted by Gasteiger charge is -2.34. The zero-order valence-electron chi connectivity index (χ0n) is 15.5. The van der Waals surface area contributed by atoms with E-state index in [0.29, 0.717) is 5.92 Å². The Morgan fingerprint density at radius 1 is 1.08 bits per heavy atom. The third-order valence-electron chi connectivity index (χ3n) is 5.74. The molecule has 1 atom stereocenters. The molecule has 7 nitrogen and oxygen atoms in total. The van der Waals surface area contributed by atoms with Crippen LogP contribution in [-0.2, 0) is 13.6 Å². The van der Waals surface area contributed by atoms with Crippen LogP contribution >= 0.6 is 0 Å². The van der Waals surface area contributed by atoms with Crippen LogP contribution in [0.25, 0.3) is 0 Å². The lowest BCUT2D eigenvalue weighted by molar-refractivity contribution is 0.0775. The van der Waals surface area contributed by atoms with E-state index in [-0.39, 0.29) is 6.10 Å². The molecule has 0 saturated carbocycles. The average Bonchev–Trinajstić information content (AvgIpc) is 3.05. The summed E-state index contributed by atoms with van der Waals surface area (Å²) in [5, 5.41) is 18.7. The number of piperidine rings is 2. The van der Waals surface area contributed by atoms with Gasteiger partial charge in [-0.3, -0.25) is 9.88 Å². The molecule has 26 heavy (non-hydrogen) atoms. The van der Waals surface area contributed by atoms with E-state index in [0.717, 1.165) is 63.6 Å². The Morgan fingerprint density at radius 2 is 1.85 bits per heavy atom. The van der Waals surface area contributed by atoms with Crippen molar-refractivity contribution < 1.29 is 5.11 Å². The SMILES string of the molecule is Cn1c(CN2CCC(O)CC2)nnc1[C@H]1CCCN(c2ccncc2)C1. The molecule has 0 unspecified atom stereocenters.